The summed E-state index contributed by atoms with van der Waals surface area (Å²) < 4.78 is 5.53. The first kappa shape index (κ1) is 18.8. The minimum atomic E-state index is 0.0765. The van der Waals surface area contributed by atoms with Gasteiger partial charge in [-0.2, -0.15) is 9.97 Å². The fourth-order valence-electron chi connectivity index (χ4n) is 2.57. The highest BCUT2D eigenvalue weighted by Gasteiger charge is 2.16. The molecule has 0 amide bonds. The SMILES string of the molecule is CCOc1cc(-c2nc(N)nc(Sc3nc4ccccc4[nH]3)n2)c(Cl)cc1Cl. The lowest BCUT2D eigenvalue weighted by Crippen LogP contribution is -2.02. The summed E-state index contributed by atoms with van der Waals surface area (Å²) in [6.07, 6.45) is 0. The summed E-state index contributed by atoms with van der Waals surface area (Å²) >= 11 is 13.8. The number of aromatic amines is 1. The van der Waals surface area contributed by atoms with Gasteiger partial charge in [0.15, 0.2) is 11.0 Å². The van der Waals surface area contributed by atoms with Gasteiger partial charge in [-0.15, -0.1) is 0 Å². The zero-order valence-corrected chi connectivity index (χ0v) is 16.9. The van der Waals surface area contributed by atoms with E-state index in [2.05, 4.69) is 24.9 Å². The second-order valence-electron chi connectivity index (χ2n) is 5.66. The number of nitrogens with two attached hydrogens (primary N) is 1. The summed E-state index contributed by atoms with van der Waals surface area (Å²) in [6, 6.07) is 11.0. The maximum absolute atomic E-state index is 6.35. The van der Waals surface area contributed by atoms with Crippen molar-refractivity contribution < 1.29 is 4.74 Å². The molecule has 0 aliphatic rings. The van der Waals surface area contributed by atoms with Crippen LogP contribution in [0.15, 0.2) is 46.7 Å². The first-order chi connectivity index (χ1) is 13.5. The number of hydrogen-bond acceptors (Lipinski definition) is 7. The first-order valence-corrected chi connectivity index (χ1v) is 9.87. The number of para-hydroxylation sites is 2. The minimum Gasteiger partial charge on any atom is -0.492 e. The van der Waals surface area contributed by atoms with Crippen molar-refractivity contribution in [3.63, 3.8) is 0 Å². The zero-order valence-electron chi connectivity index (χ0n) is 14.6. The number of anilines is 1. The van der Waals surface area contributed by atoms with Gasteiger partial charge in [0.05, 0.1) is 27.7 Å². The Balaban J connectivity index is 1.72. The highest BCUT2D eigenvalue weighted by Crippen LogP contribution is 2.36. The summed E-state index contributed by atoms with van der Waals surface area (Å²) in [5.74, 6) is 0.898. The summed E-state index contributed by atoms with van der Waals surface area (Å²) in [5.41, 5.74) is 8.23. The molecule has 0 saturated carbocycles. The largest absolute Gasteiger partial charge is 0.492 e. The van der Waals surface area contributed by atoms with Crippen molar-refractivity contribution in [1.82, 2.24) is 24.9 Å². The molecular formula is C18H14Cl2N6OS. The number of rotatable bonds is 5. The van der Waals surface area contributed by atoms with E-state index in [4.69, 9.17) is 33.7 Å². The first-order valence-electron chi connectivity index (χ1n) is 8.30. The normalized spacial score (nSPS) is 11.1. The number of ether oxygens (including phenoxy) is 1. The van der Waals surface area contributed by atoms with Crippen molar-refractivity contribution in [1.29, 1.82) is 0 Å². The van der Waals surface area contributed by atoms with Crippen molar-refractivity contribution in [3.8, 4) is 17.1 Å². The van der Waals surface area contributed by atoms with Crippen LogP contribution >= 0.6 is 35.0 Å². The Bertz CT molecular complexity index is 1130. The molecule has 4 rings (SSSR count). The molecule has 0 unspecified atom stereocenters. The quantitative estimate of drug-likeness (QED) is 0.464. The summed E-state index contributed by atoms with van der Waals surface area (Å²) in [7, 11) is 0. The van der Waals surface area contributed by atoms with Crippen molar-refractivity contribution in [3.05, 3.63) is 46.4 Å². The number of nitrogens with one attached hydrogen (secondary N) is 1. The molecule has 0 aliphatic heterocycles. The van der Waals surface area contributed by atoms with Crippen LogP contribution in [0.3, 0.4) is 0 Å². The predicted octanol–water partition coefficient (Wildman–Crippen LogP) is 4.85. The van der Waals surface area contributed by atoms with Crippen LogP contribution in [0.5, 0.6) is 5.75 Å². The Labute approximate surface area is 174 Å². The Kier molecular flexibility index (Phi) is 5.25. The van der Waals surface area contributed by atoms with Gasteiger partial charge in [0.25, 0.3) is 0 Å². The Hall–Kier alpha value is -2.55. The van der Waals surface area contributed by atoms with Crippen LogP contribution in [0.1, 0.15) is 6.92 Å². The highest BCUT2D eigenvalue weighted by atomic mass is 35.5. The number of aromatic nitrogens is 5. The molecule has 2 heterocycles. The van der Waals surface area contributed by atoms with Gasteiger partial charge in [-0.05, 0) is 43.0 Å². The fraction of sp³-hybridized carbons (Fsp3) is 0.111. The van der Waals surface area contributed by atoms with Crippen LogP contribution in [0.4, 0.5) is 5.95 Å². The van der Waals surface area contributed by atoms with Crippen molar-refractivity contribution in [2.75, 3.05) is 12.3 Å². The van der Waals surface area contributed by atoms with Gasteiger partial charge in [-0.25, -0.2) is 9.97 Å². The maximum atomic E-state index is 6.35. The zero-order chi connectivity index (χ0) is 19.7. The molecule has 0 spiro atoms. The Morgan fingerprint density at radius 1 is 1.07 bits per heavy atom. The Morgan fingerprint density at radius 3 is 2.68 bits per heavy atom. The number of imidazole rings is 1. The van der Waals surface area contributed by atoms with Crippen molar-refractivity contribution in [2.45, 2.75) is 17.2 Å². The van der Waals surface area contributed by atoms with Crippen LogP contribution in [0, 0.1) is 0 Å². The standard InChI is InChI=1S/C18H14Cl2N6OS/c1-2-27-14-7-9(10(19)8-11(14)20)15-24-16(21)26-18(25-15)28-17-22-12-5-3-4-6-13(12)23-17/h3-8H,2H2,1H3,(H,22,23)(H2,21,24,25,26). The van der Waals surface area contributed by atoms with E-state index in [1.165, 1.54) is 11.8 Å². The summed E-state index contributed by atoms with van der Waals surface area (Å²) in [5, 5.41) is 1.84. The molecule has 0 fully saturated rings. The number of H-pyrrole nitrogens is 1. The molecule has 0 aliphatic carbocycles. The minimum absolute atomic E-state index is 0.0765. The van der Waals surface area contributed by atoms with Crippen molar-refractivity contribution in [2.24, 2.45) is 0 Å². The van der Waals surface area contributed by atoms with Crippen LogP contribution in [-0.4, -0.2) is 31.5 Å². The van der Waals surface area contributed by atoms with E-state index in [-0.39, 0.29) is 5.95 Å². The molecule has 2 aromatic carbocycles. The van der Waals surface area contributed by atoms with E-state index in [1.807, 2.05) is 31.2 Å². The monoisotopic (exact) mass is 432 g/mol. The molecule has 4 aromatic rings. The van der Waals surface area contributed by atoms with Gasteiger partial charge < -0.3 is 15.5 Å². The molecule has 2 aromatic heterocycles. The average molecular weight is 433 g/mol. The molecular weight excluding hydrogens is 419 g/mol. The third-order valence-electron chi connectivity index (χ3n) is 3.75. The molecule has 0 bridgehead atoms. The van der Waals surface area contributed by atoms with Gasteiger partial charge in [-0.1, -0.05) is 35.3 Å². The van der Waals surface area contributed by atoms with Crippen LogP contribution in [-0.2, 0) is 0 Å². The lowest BCUT2D eigenvalue weighted by atomic mass is 10.2. The number of hydrogen-bond donors (Lipinski definition) is 2. The van der Waals surface area contributed by atoms with E-state index in [0.29, 0.717) is 44.1 Å². The molecule has 0 saturated heterocycles. The topological polar surface area (TPSA) is 103 Å². The highest BCUT2D eigenvalue weighted by molar-refractivity contribution is 7.99. The lowest BCUT2D eigenvalue weighted by Gasteiger charge is -2.10. The Morgan fingerprint density at radius 2 is 1.89 bits per heavy atom. The molecule has 7 nitrogen and oxygen atoms in total. The summed E-state index contributed by atoms with van der Waals surface area (Å²) in [6.45, 7) is 2.33. The van der Waals surface area contributed by atoms with Crippen LogP contribution in [0.2, 0.25) is 10.0 Å². The molecule has 142 valence electrons. The van der Waals surface area contributed by atoms with Crippen molar-refractivity contribution >= 4 is 51.9 Å². The third kappa shape index (κ3) is 3.84. The third-order valence-corrected chi connectivity index (χ3v) is 5.11. The van der Waals surface area contributed by atoms with Gasteiger partial charge >= 0.3 is 0 Å². The number of halogens is 2. The molecule has 0 atom stereocenters. The molecule has 0 radical (unpaired) electrons. The van der Waals surface area contributed by atoms with E-state index < -0.39 is 0 Å². The smallest absolute Gasteiger partial charge is 0.224 e. The maximum Gasteiger partial charge on any atom is 0.224 e. The van der Waals surface area contributed by atoms with Gasteiger partial charge in [-0.3, -0.25) is 0 Å². The van der Waals surface area contributed by atoms with Gasteiger partial charge in [0.1, 0.15) is 5.75 Å². The van der Waals surface area contributed by atoms with E-state index in [0.717, 1.165) is 11.0 Å². The number of nitrogen functional groups attached to an aromatic ring is 1. The number of benzene rings is 2. The molecule has 3 N–H and O–H groups in total. The number of nitrogens with zero attached hydrogens (tertiary/aromatic N) is 4. The van der Waals surface area contributed by atoms with Crippen LogP contribution in [0.25, 0.3) is 22.4 Å². The van der Waals surface area contributed by atoms with E-state index in [1.54, 1.807) is 12.1 Å². The van der Waals surface area contributed by atoms with E-state index >= 15 is 0 Å². The molecule has 28 heavy (non-hydrogen) atoms. The van der Waals surface area contributed by atoms with E-state index in [9.17, 15) is 0 Å². The predicted molar refractivity (Wildman–Crippen MR) is 111 cm³/mol. The number of fused-ring (bicyclic) bond motifs is 1. The van der Waals surface area contributed by atoms with Gasteiger partial charge in [0.2, 0.25) is 11.1 Å². The van der Waals surface area contributed by atoms with Crippen LogP contribution < -0.4 is 10.5 Å². The molecule has 10 heteroatoms. The summed E-state index contributed by atoms with van der Waals surface area (Å²) in [4.78, 5) is 20.6. The lowest BCUT2D eigenvalue weighted by molar-refractivity contribution is 0.340. The van der Waals surface area contributed by atoms with Gasteiger partial charge in [0, 0.05) is 5.56 Å². The average Bonchev–Trinajstić information content (AvgIpc) is 3.05. The fourth-order valence-corrected chi connectivity index (χ4v) is 3.84. The second kappa shape index (κ2) is 7.83. The second-order valence-corrected chi connectivity index (χ2v) is 7.43.